The fourth-order valence-corrected chi connectivity index (χ4v) is 1.66. The number of nitrogens with two attached hydrogens (primary N) is 1. The molecule has 2 rings (SSSR count). The molecule has 0 amide bonds. The van der Waals surface area contributed by atoms with Gasteiger partial charge < -0.3 is 14.9 Å². The Bertz CT molecular complexity index is 445. The topological polar surface area (TPSA) is 61.3 Å². The number of furan rings is 1. The Morgan fingerprint density at radius 3 is 3.00 bits per heavy atom. The van der Waals surface area contributed by atoms with Gasteiger partial charge in [-0.1, -0.05) is 0 Å². The van der Waals surface area contributed by atoms with Crippen molar-refractivity contribution < 1.29 is 9.15 Å². The Morgan fingerprint density at radius 1 is 1.50 bits per heavy atom. The molecule has 0 aliphatic heterocycles. The van der Waals surface area contributed by atoms with Crippen molar-refractivity contribution >= 4 is 15.9 Å². The van der Waals surface area contributed by atoms with Gasteiger partial charge in [0, 0.05) is 17.2 Å². The lowest BCUT2D eigenvalue weighted by atomic mass is 10.3. The van der Waals surface area contributed by atoms with Crippen LogP contribution in [0.1, 0.15) is 11.9 Å². The maximum Gasteiger partial charge on any atom is 0.168 e. The Labute approximate surface area is 102 Å². The molecule has 2 N–H and O–H groups in total. The summed E-state index contributed by atoms with van der Waals surface area (Å²) in [6.45, 7) is 0.347. The summed E-state index contributed by atoms with van der Waals surface area (Å²) in [5.41, 5.74) is 5.63. The zero-order chi connectivity index (χ0) is 11.4. The summed E-state index contributed by atoms with van der Waals surface area (Å²) in [6.07, 6.45) is 4.64. The van der Waals surface area contributed by atoms with Gasteiger partial charge in [-0.05, 0) is 34.1 Å². The van der Waals surface area contributed by atoms with Crippen LogP contribution in [0.4, 0.5) is 0 Å². The molecule has 0 saturated carbocycles. The first kappa shape index (κ1) is 11.2. The highest BCUT2D eigenvalue weighted by atomic mass is 79.9. The molecule has 0 radical (unpaired) electrons. The standard InChI is InChI=1S/C11H11BrN2O2/c12-8-4-9(7-14-6-8)16-11(5-13)10-2-1-3-15-10/h1-4,6-7,11H,5,13H2. The highest BCUT2D eigenvalue weighted by Gasteiger charge is 2.14. The van der Waals surface area contributed by atoms with Gasteiger partial charge in [-0.25, -0.2) is 0 Å². The van der Waals surface area contributed by atoms with Gasteiger partial charge in [0.05, 0.1) is 12.5 Å². The SMILES string of the molecule is NCC(Oc1cncc(Br)c1)c1ccco1. The molecule has 0 spiro atoms. The van der Waals surface area contributed by atoms with E-state index in [9.17, 15) is 0 Å². The van der Waals surface area contributed by atoms with E-state index in [1.165, 1.54) is 0 Å². The monoisotopic (exact) mass is 282 g/mol. The molecule has 2 heterocycles. The molecule has 0 aromatic carbocycles. The van der Waals surface area contributed by atoms with E-state index in [1.54, 1.807) is 24.7 Å². The van der Waals surface area contributed by atoms with Gasteiger partial charge in [0.2, 0.25) is 0 Å². The largest absolute Gasteiger partial charge is 0.479 e. The molecule has 0 aliphatic rings. The van der Waals surface area contributed by atoms with Crippen LogP contribution in [0.2, 0.25) is 0 Å². The summed E-state index contributed by atoms with van der Waals surface area (Å²) in [5.74, 6) is 1.36. The van der Waals surface area contributed by atoms with E-state index in [2.05, 4.69) is 20.9 Å². The Balaban J connectivity index is 2.13. The number of pyridine rings is 1. The molecule has 4 nitrogen and oxygen atoms in total. The van der Waals surface area contributed by atoms with E-state index in [-0.39, 0.29) is 6.10 Å². The summed E-state index contributed by atoms with van der Waals surface area (Å²) in [4.78, 5) is 4.01. The van der Waals surface area contributed by atoms with Gasteiger partial charge in [0.15, 0.2) is 6.10 Å². The minimum absolute atomic E-state index is 0.286. The molecular weight excluding hydrogens is 272 g/mol. The molecule has 0 bridgehead atoms. The maximum atomic E-state index is 5.68. The highest BCUT2D eigenvalue weighted by Crippen LogP contribution is 2.23. The van der Waals surface area contributed by atoms with Gasteiger partial charge >= 0.3 is 0 Å². The summed E-state index contributed by atoms with van der Waals surface area (Å²) in [7, 11) is 0. The Morgan fingerprint density at radius 2 is 2.38 bits per heavy atom. The first-order chi connectivity index (χ1) is 7.79. The fourth-order valence-electron chi connectivity index (χ4n) is 1.32. The van der Waals surface area contributed by atoms with E-state index in [4.69, 9.17) is 14.9 Å². The molecule has 1 atom stereocenters. The number of hydrogen-bond acceptors (Lipinski definition) is 4. The number of halogens is 1. The molecule has 5 heteroatoms. The molecular formula is C11H11BrN2O2. The third kappa shape index (κ3) is 2.62. The van der Waals surface area contributed by atoms with Crippen molar-refractivity contribution in [3.05, 3.63) is 47.1 Å². The van der Waals surface area contributed by atoms with E-state index < -0.39 is 0 Å². The molecule has 84 valence electrons. The lowest BCUT2D eigenvalue weighted by Crippen LogP contribution is -2.17. The normalized spacial score (nSPS) is 12.4. The van der Waals surface area contributed by atoms with Gasteiger partial charge in [0.25, 0.3) is 0 Å². The molecule has 2 aromatic heterocycles. The quantitative estimate of drug-likeness (QED) is 0.936. The van der Waals surface area contributed by atoms with Crippen molar-refractivity contribution in [2.75, 3.05) is 6.54 Å². The number of rotatable bonds is 4. The first-order valence-corrected chi connectivity index (χ1v) is 5.59. The van der Waals surface area contributed by atoms with Crippen LogP contribution in [-0.2, 0) is 0 Å². The number of hydrogen-bond donors (Lipinski definition) is 1. The Hall–Kier alpha value is -1.33. The van der Waals surface area contributed by atoms with E-state index in [0.29, 0.717) is 18.1 Å². The van der Waals surface area contributed by atoms with Crippen LogP contribution in [0.5, 0.6) is 5.75 Å². The van der Waals surface area contributed by atoms with Crippen molar-refractivity contribution in [2.45, 2.75) is 6.10 Å². The molecule has 0 fully saturated rings. The van der Waals surface area contributed by atoms with E-state index in [0.717, 1.165) is 4.47 Å². The second kappa shape index (κ2) is 5.14. The third-order valence-corrected chi connectivity index (χ3v) is 2.47. The third-order valence-electron chi connectivity index (χ3n) is 2.03. The zero-order valence-corrected chi connectivity index (χ0v) is 10.1. The Kier molecular flexibility index (Phi) is 3.58. The second-order valence-electron chi connectivity index (χ2n) is 3.20. The molecule has 0 saturated heterocycles. The van der Waals surface area contributed by atoms with Crippen molar-refractivity contribution in [2.24, 2.45) is 5.73 Å². The predicted octanol–water partition coefficient (Wildman–Crippen LogP) is 2.52. The molecule has 16 heavy (non-hydrogen) atoms. The van der Waals surface area contributed by atoms with Crippen molar-refractivity contribution in [3.63, 3.8) is 0 Å². The van der Waals surface area contributed by atoms with Gasteiger partial charge in [-0.3, -0.25) is 4.98 Å². The van der Waals surface area contributed by atoms with Gasteiger partial charge in [-0.15, -0.1) is 0 Å². The summed E-state index contributed by atoms with van der Waals surface area (Å²) in [5, 5.41) is 0. The second-order valence-corrected chi connectivity index (χ2v) is 4.11. The number of aromatic nitrogens is 1. The van der Waals surface area contributed by atoms with Crippen LogP contribution < -0.4 is 10.5 Å². The fraction of sp³-hybridized carbons (Fsp3) is 0.182. The summed E-state index contributed by atoms with van der Waals surface area (Å²) in [6, 6.07) is 5.47. The van der Waals surface area contributed by atoms with Crippen molar-refractivity contribution in [1.82, 2.24) is 4.98 Å². The predicted molar refractivity (Wildman–Crippen MR) is 63.1 cm³/mol. The van der Waals surface area contributed by atoms with Crippen LogP contribution >= 0.6 is 15.9 Å². The van der Waals surface area contributed by atoms with Crippen LogP contribution in [0, 0.1) is 0 Å². The van der Waals surface area contributed by atoms with Crippen LogP contribution in [0.3, 0.4) is 0 Å². The lowest BCUT2D eigenvalue weighted by molar-refractivity contribution is 0.183. The van der Waals surface area contributed by atoms with Crippen molar-refractivity contribution in [1.29, 1.82) is 0 Å². The number of nitrogens with zero attached hydrogens (tertiary/aromatic N) is 1. The van der Waals surface area contributed by atoms with Gasteiger partial charge in [0.1, 0.15) is 11.5 Å². The average Bonchev–Trinajstić information content (AvgIpc) is 2.79. The lowest BCUT2D eigenvalue weighted by Gasteiger charge is -2.14. The molecule has 0 aliphatic carbocycles. The van der Waals surface area contributed by atoms with Crippen molar-refractivity contribution in [3.8, 4) is 5.75 Å². The van der Waals surface area contributed by atoms with Crippen LogP contribution in [-0.4, -0.2) is 11.5 Å². The number of ether oxygens (including phenoxy) is 1. The van der Waals surface area contributed by atoms with Gasteiger partial charge in [-0.2, -0.15) is 0 Å². The molecule has 2 aromatic rings. The zero-order valence-electron chi connectivity index (χ0n) is 8.47. The van der Waals surface area contributed by atoms with E-state index >= 15 is 0 Å². The minimum Gasteiger partial charge on any atom is -0.479 e. The summed E-state index contributed by atoms with van der Waals surface area (Å²) < 4.78 is 11.8. The first-order valence-electron chi connectivity index (χ1n) is 4.80. The maximum absolute atomic E-state index is 5.68. The minimum atomic E-state index is -0.286. The van der Waals surface area contributed by atoms with E-state index in [1.807, 2.05) is 12.1 Å². The highest BCUT2D eigenvalue weighted by molar-refractivity contribution is 9.10. The van der Waals surface area contributed by atoms with Crippen LogP contribution in [0.25, 0.3) is 0 Å². The van der Waals surface area contributed by atoms with Crippen LogP contribution in [0.15, 0.2) is 45.7 Å². The molecule has 1 unspecified atom stereocenters. The smallest absolute Gasteiger partial charge is 0.168 e. The summed E-state index contributed by atoms with van der Waals surface area (Å²) >= 11 is 3.33. The average molecular weight is 283 g/mol.